The molecule has 0 aliphatic heterocycles. The maximum Gasteiger partial charge on any atom is 1.00 e. The summed E-state index contributed by atoms with van der Waals surface area (Å²) in [6.45, 7) is 2.86. The molecule has 2 aliphatic rings. The quantitative estimate of drug-likeness (QED) is 0.149. The van der Waals surface area contributed by atoms with E-state index in [0.717, 1.165) is 48.5 Å². The first-order valence-corrected chi connectivity index (χ1v) is 17.0. The zero-order chi connectivity index (χ0) is 35.5. The van der Waals surface area contributed by atoms with Crippen LogP contribution >= 0.6 is 0 Å². The summed E-state index contributed by atoms with van der Waals surface area (Å²) < 4.78 is 0. The molecule has 0 amide bonds. The van der Waals surface area contributed by atoms with Crippen molar-refractivity contribution < 1.29 is 82.1 Å². The number of rotatable bonds is 8. The number of nitrogens with zero attached hydrogens (tertiary/aromatic N) is 10. The van der Waals surface area contributed by atoms with E-state index in [9.17, 15) is 0 Å². The summed E-state index contributed by atoms with van der Waals surface area (Å²) in [5.41, 5.74) is 3.61. The van der Waals surface area contributed by atoms with Gasteiger partial charge >= 0.3 is 34.1 Å². The summed E-state index contributed by atoms with van der Waals surface area (Å²) in [6.07, 6.45) is 23.9. The van der Waals surface area contributed by atoms with E-state index in [-0.39, 0.29) is 106 Å². The van der Waals surface area contributed by atoms with Crippen molar-refractivity contribution in [3.05, 3.63) is 120 Å². The summed E-state index contributed by atoms with van der Waals surface area (Å²) in [6, 6.07) is 27.9. The summed E-state index contributed by atoms with van der Waals surface area (Å²) in [4.78, 5) is 36.0. The average Bonchev–Trinajstić information content (AvgIpc) is 3.18. The zero-order valence-corrected chi connectivity index (χ0v) is 36.5. The summed E-state index contributed by atoms with van der Waals surface area (Å²) >= 11 is 0. The molecule has 10 nitrogen and oxygen atoms in total. The van der Waals surface area contributed by atoms with Crippen LogP contribution in [0.25, 0.3) is 0 Å². The van der Waals surface area contributed by atoms with Crippen LogP contribution in [0.5, 0.6) is 0 Å². The van der Waals surface area contributed by atoms with E-state index in [1.807, 2.05) is 97.7 Å². The molecule has 2 saturated carbocycles. The molecule has 4 aromatic heterocycles. The van der Waals surface area contributed by atoms with Crippen molar-refractivity contribution in [2.24, 2.45) is 20.0 Å². The van der Waals surface area contributed by atoms with E-state index in [1.54, 1.807) is 36.9 Å². The predicted octanol–water partition coefficient (Wildman–Crippen LogP) is 1.71. The Morgan fingerprint density at radius 3 is 0.833 bits per heavy atom. The number of aromatic nitrogens is 4. The average molecular weight is 1050 g/mol. The van der Waals surface area contributed by atoms with Crippen LogP contribution in [-0.2, 0) is 34.1 Å². The van der Waals surface area contributed by atoms with Crippen LogP contribution < -0.4 is 48.0 Å². The Balaban J connectivity index is 0. The standard InChI is InChI=1S/2C18H20N4.2C2H3N.2Cu.2HI/c2*1-2-10-18(22-14-16-8-4-6-12-20-16)17(9-1)21-13-15-7-3-5-11-19-15;2*1-2-3;;;;/h2*3-8,11-14,17-18H,1-2,9-10H2;2*1H3;;;2*1H/q;;;;2*+1;;/p-2/t2*17-,18-;;;;;;/m10....../s1. The van der Waals surface area contributed by atoms with Gasteiger partial charge in [-0.15, -0.1) is 0 Å². The Bertz CT molecular complexity index is 1440. The Labute approximate surface area is 376 Å². The van der Waals surface area contributed by atoms with Crippen molar-refractivity contribution in [2.45, 2.75) is 89.4 Å². The largest absolute Gasteiger partial charge is 1.00 e. The molecule has 4 atom stereocenters. The van der Waals surface area contributed by atoms with E-state index in [2.05, 4.69) is 19.9 Å². The van der Waals surface area contributed by atoms with Gasteiger partial charge in [-0.3, -0.25) is 39.9 Å². The molecule has 0 radical (unpaired) electrons. The number of pyridine rings is 4. The third kappa shape index (κ3) is 22.2. The number of hydrogen-bond acceptors (Lipinski definition) is 10. The SMILES string of the molecule is C(=N[C@@H]1CCCC[C@H]1N=Cc1ccccn1)c1ccccn1.C(=N[C@H]1CCCC[C@@H]1N=Cc1ccccn1)c1ccccn1.CC#N.CC#N.[Cu+].[Cu+].[I-].[I-]. The Morgan fingerprint density at radius 1 is 0.463 bits per heavy atom. The third-order valence-corrected chi connectivity index (χ3v) is 7.73. The number of aliphatic imine (C=N–C) groups is 4. The van der Waals surface area contributed by atoms with Crippen LogP contribution in [0.2, 0.25) is 0 Å². The van der Waals surface area contributed by atoms with E-state index in [0.29, 0.717) is 0 Å². The molecule has 0 saturated heterocycles. The zero-order valence-electron chi connectivity index (χ0n) is 30.3. The molecule has 2 aliphatic carbocycles. The third-order valence-electron chi connectivity index (χ3n) is 7.73. The molecule has 14 heteroatoms. The van der Waals surface area contributed by atoms with E-state index in [4.69, 9.17) is 30.5 Å². The molecule has 0 unspecified atom stereocenters. The summed E-state index contributed by atoms with van der Waals surface area (Å²) in [7, 11) is 0. The number of hydrogen-bond donors (Lipinski definition) is 0. The normalized spacial score (nSPS) is 18.5. The first-order valence-electron chi connectivity index (χ1n) is 17.0. The number of nitriles is 2. The first-order chi connectivity index (χ1) is 24.7. The van der Waals surface area contributed by atoms with Gasteiger partial charge < -0.3 is 48.0 Å². The van der Waals surface area contributed by atoms with Crippen molar-refractivity contribution in [2.75, 3.05) is 0 Å². The van der Waals surface area contributed by atoms with Crippen molar-refractivity contribution in [1.29, 1.82) is 10.5 Å². The summed E-state index contributed by atoms with van der Waals surface area (Å²) in [5.74, 6) is 0. The fourth-order valence-electron chi connectivity index (χ4n) is 5.38. The van der Waals surface area contributed by atoms with Gasteiger partial charge in [0.05, 0.1) is 59.1 Å². The van der Waals surface area contributed by atoms with Gasteiger partial charge in [-0.2, -0.15) is 10.5 Å². The first kappa shape index (κ1) is 52.9. The minimum atomic E-state index is 0. The topological polar surface area (TPSA) is 149 Å². The molecule has 4 heterocycles. The predicted molar refractivity (Wildman–Crippen MR) is 202 cm³/mol. The molecular formula is C40H46Cu2I2N10. The Hall–Kier alpha value is -3.24. The smallest absolute Gasteiger partial charge is 1.00 e. The Morgan fingerprint density at radius 2 is 0.667 bits per heavy atom. The summed E-state index contributed by atoms with van der Waals surface area (Å²) in [5, 5.41) is 14.6. The van der Waals surface area contributed by atoms with Crippen LogP contribution in [0, 0.1) is 22.7 Å². The van der Waals surface area contributed by atoms with Gasteiger partial charge in [-0.1, -0.05) is 49.9 Å². The monoisotopic (exact) mass is 1050 g/mol. The van der Waals surface area contributed by atoms with Gasteiger partial charge in [0, 0.05) is 63.5 Å². The molecule has 0 aromatic carbocycles. The maximum absolute atomic E-state index is 7.32. The fraction of sp³-hybridized carbons (Fsp3) is 0.350. The van der Waals surface area contributed by atoms with Gasteiger partial charge in [0.25, 0.3) is 0 Å². The molecule has 6 rings (SSSR count). The van der Waals surface area contributed by atoms with Gasteiger partial charge in [0.1, 0.15) is 0 Å². The molecule has 4 aromatic rings. The van der Waals surface area contributed by atoms with Gasteiger partial charge in [-0.05, 0) is 74.2 Å². The van der Waals surface area contributed by atoms with E-state index < -0.39 is 0 Å². The van der Waals surface area contributed by atoms with E-state index in [1.165, 1.54) is 39.5 Å². The van der Waals surface area contributed by atoms with Crippen molar-refractivity contribution in [1.82, 2.24) is 19.9 Å². The fourth-order valence-corrected chi connectivity index (χ4v) is 5.38. The van der Waals surface area contributed by atoms with Crippen molar-refractivity contribution in [3.63, 3.8) is 0 Å². The van der Waals surface area contributed by atoms with E-state index >= 15 is 0 Å². The molecular weight excluding hydrogens is 1000 g/mol. The van der Waals surface area contributed by atoms with Gasteiger partial charge in [0.2, 0.25) is 0 Å². The van der Waals surface area contributed by atoms with Gasteiger partial charge in [-0.25, -0.2) is 0 Å². The molecule has 0 N–H and O–H groups in total. The Kier molecular flexibility index (Phi) is 33.5. The second-order valence-electron chi connectivity index (χ2n) is 11.4. The number of halogens is 2. The van der Waals surface area contributed by atoms with Crippen LogP contribution in [0.3, 0.4) is 0 Å². The maximum atomic E-state index is 7.32. The van der Waals surface area contributed by atoms with Crippen LogP contribution in [-0.4, -0.2) is 69.0 Å². The molecule has 292 valence electrons. The van der Waals surface area contributed by atoms with Gasteiger partial charge in [0.15, 0.2) is 0 Å². The van der Waals surface area contributed by atoms with Crippen molar-refractivity contribution >= 4 is 24.9 Å². The van der Waals surface area contributed by atoms with Crippen LogP contribution in [0.1, 0.15) is 88.0 Å². The van der Waals surface area contributed by atoms with Crippen molar-refractivity contribution in [3.8, 4) is 12.1 Å². The minimum absolute atomic E-state index is 0. The second kappa shape index (κ2) is 34.3. The molecule has 2 fully saturated rings. The molecule has 0 bridgehead atoms. The van der Waals surface area contributed by atoms with Crippen LogP contribution in [0.15, 0.2) is 118 Å². The van der Waals surface area contributed by atoms with Crippen LogP contribution in [0.4, 0.5) is 0 Å². The minimum Gasteiger partial charge on any atom is -1.00 e. The molecule has 54 heavy (non-hydrogen) atoms. The second-order valence-corrected chi connectivity index (χ2v) is 11.4. The molecule has 0 spiro atoms.